The zero-order chi connectivity index (χ0) is 14.8. The van der Waals surface area contributed by atoms with Crippen molar-refractivity contribution in [3.8, 4) is 5.75 Å². The number of benzene rings is 2. The summed E-state index contributed by atoms with van der Waals surface area (Å²) >= 11 is 5.87. The van der Waals surface area contributed by atoms with E-state index in [1.54, 1.807) is 25.3 Å². The van der Waals surface area contributed by atoms with Crippen LogP contribution in [0.15, 0.2) is 47.3 Å². The van der Waals surface area contributed by atoms with Crippen LogP contribution in [-0.2, 0) is 6.42 Å². The van der Waals surface area contributed by atoms with Crippen LogP contribution in [0.4, 0.5) is 0 Å². The van der Waals surface area contributed by atoms with Crippen LogP contribution in [0, 0.1) is 0 Å². The third-order valence-electron chi connectivity index (χ3n) is 3.25. The van der Waals surface area contributed by atoms with E-state index >= 15 is 0 Å². The number of aromatic nitrogens is 2. The van der Waals surface area contributed by atoms with Crippen molar-refractivity contribution in [2.24, 2.45) is 0 Å². The van der Waals surface area contributed by atoms with Gasteiger partial charge in [0.1, 0.15) is 17.1 Å². The second-order valence-corrected chi connectivity index (χ2v) is 5.11. The van der Waals surface area contributed by atoms with Crippen molar-refractivity contribution in [2.45, 2.75) is 6.42 Å². The molecule has 0 amide bonds. The summed E-state index contributed by atoms with van der Waals surface area (Å²) in [5.74, 6) is 1.19. The first kappa shape index (κ1) is 13.6. The van der Waals surface area contributed by atoms with Crippen LogP contribution in [0.2, 0.25) is 5.02 Å². The highest BCUT2D eigenvalue weighted by molar-refractivity contribution is 6.30. The van der Waals surface area contributed by atoms with E-state index in [-0.39, 0.29) is 5.56 Å². The molecular weight excluding hydrogens is 288 g/mol. The first-order chi connectivity index (χ1) is 10.2. The number of methoxy groups -OCH3 is 1. The molecule has 0 saturated heterocycles. The largest absolute Gasteiger partial charge is 0.494 e. The van der Waals surface area contributed by atoms with Crippen LogP contribution in [0.25, 0.3) is 10.9 Å². The van der Waals surface area contributed by atoms with Crippen LogP contribution >= 0.6 is 11.6 Å². The summed E-state index contributed by atoms with van der Waals surface area (Å²) < 4.78 is 5.27. The summed E-state index contributed by atoms with van der Waals surface area (Å²) in [6, 6.07) is 12.8. The first-order valence-corrected chi connectivity index (χ1v) is 6.85. The van der Waals surface area contributed by atoms with E-state index in [9.17, 15) is 4.79 Å². The molecule has 4 nitrogen and oxygen atoms in total. The van der Waals surface area contributed by atoms with E-state index in [0.717, 1.165) is 5.56 Å². The number of para-hydroxylation sites is 1. The molecule has 0 unspecified atom stereocenters. The number of nitrogens with zero attached hydrogens (tertiary/aromatic N) is 1. The molecule has 0 atom stereocenters. The molecule has 0 radical (unpaired) electrons. The van der Waals surface area contributed by atoms with E-state index < -0.39 is 0 Å². The molecule has 0 saturated carbocycles. The number of nitrogens with one attached hydrogen (secondary N) is 1. The Bertz CT molecular complexity index is 841. The van der Waals surface area contributed by atoms with Crippen LogP contribution in [-0.4, -0.2) is 17.1 Å². The molecule has 3 aromatic rings. The highest BCUT2D eigenvalue weighted by atomic mass is 35.5. The number of rotatable bonds is 3. The minimum absolute atomic E-state index is 0.164. The Labute approximate surface area is 126 Å². The maximum Gasteiger partial charge on any atom is 0.258 e. The van der Waals surface area contributed by atoms with Gasteiger partial charge in [0, 0.05) is 11.4 Å². The van der Waals surface area contributed by atoms with E-state index in [2.05, 4.69) is 9.97 Å². The molecule has 5 heteroatoms. The van der Waals surface area contributed by atoms with Gasteiger partial charge in [-0.2, -0.15) is 0 Å². The quantitative estimate of drug-likeness (QED) is 0.808. The molecule has 1 aromatic heterocycles. The van der Waals surface area contributed by atoms with Crippen molar-refractivity contribution in [1.82, 2.24) is 9.97 Å². The molecule has 21 heavy (non-hydrogen) atoms. The fourth-order valence-corrected chi connectivity index (χ4v) is 2.35. The van der Waals surface area contributed by atoms with Gasteiger partial charge in [0.25, 0.3) is 5.56 Å². The van der Waals surface area contributed by atoms with Crippen LogP contribution in [0.1, 0.15) is 11.4 Å². The Morgan fingerprint density at radius 1 is 1.19 bits per heavy atom. The molecule has 0 aliphatic heterocycles. The van der Waals surface area contributed by atoms with Gasteiger partial charge in [-0.1, -0.05) is 29.8 Å². The van der Waals surface area contributed by atoms with Gasteiger partial charge >= 0.3 is 0 Å². The van der Waals surface area contributed by atoms with Gasteiger partial charge in [0.05, 0.1) is 12.5 Å². The fraction of sp³-hybridized carbons (Fsp3) is 0.125. The third kappa shape index (κ3) is 2.76. The van der Waals surface area contributed by atoms with Crippen molar-refractivity contribution in [1.29, 1.82) is 0 Å². The van der Waals surface area contributed by atoms with Gasteiger partial charge < -0.3 is 9.72 Å². The predicted octanol–water partition coefficient (Wildman–Crippen LogP) is 3.18. The number of halogens is 1. The second-order valence-electron chi connectivity index (χ2n) is 4.67. The van der Waals surface area contributed by atoms with Gasteiger partial charge in [0.15, 0.2) is 0 Å². The number of H-pyrrole nitrogens is 1. The smallest absolute Gasteiger partial charge is 0.258 e. The van der Waals surface area contributed by atoms with Gasteiger partial charge in [-0.05, 0) is 29.8 Å². The lowest BCUT2D eigenvalue weighted by atomic mass is 10.1. The zero-order valence-corrected chi connectivity index (χ0v) is 12.1. The van der Waals surface area contributed by atoms with E-state index in [0.29, 0.717) is 33.9 Å². The molecule has 0 aliphatic rings. The summed E-state index contributed by atoms with van der Waals surface area (Å²) in [7, 11) is 1.57. The number of hydrogen-bond donors (Lipinski definition) is 1. The highest BCUT2D eigenvalue weighted by Crippen LogP contribution is 2.21. The topological polar surface area (TPSA) is 55.0 Å². The monoisotopic (exact) mass is 300 g/mol. The van der Waals surface area contributed by atoms with Crippen LogP contribution in [0.3, 0.4) is 0 Å². The fourth-order valence-electron chi connectivity index (χ4n) is 2.23. The number of fused-ring (bicyclic) bond motifs is 1. The Morgan fingerprint density at radius 2 is 1.95 bits per heavy atom. The normalized spacial score (nSPS) is 10.8. The van der Waals surface area contributed by atoms with E-state index in [1.807, 2.05) is 24.3 Å². The van der Waals surface area contributed by atoms with Gasteiger partial charge in [0.2, 0.25) is 0 Å². The molecule has 2 aromatic carbocycles. The molecular formula is C16H13ClN2O2. The summed E-state index contributed by atoms with van der Waals surface area (Å²) in [6.45, 7) is 0. The lowest BCUT2D eigenvalue weighted by Gasteiger charge is -2.07. The Morgan fingerprint density at radius 3 is 2.67 bits per heavy atom. The standard InChI is InChI=1S/C16H13ClN2O2/c1-21-13-4-2-3-12-15(13)18-14(19-16(12)20)9-10-5-7-11(17)8-6-10/h2-8H,9H2,1H3,(H,18,19,20). The van der Waals surface area contributed by atoms with Gasteiger partial charge in [-0.15, -0.1) is 0 Å². The summed E-state index contributed by atoms with van der Waals surface area (Å²) in [6.07, 6.45) is 0.528. The van der Waals surface area contributed by atoms with Crippen molar-refractivity contribution in [3.63, 3.8) is 0 Å². The molecule has 0 aliphatic carbocycles. The number of hydrogen-bond acceptors (Lipinski definition) is 3. The molecule has 106 valence electrons. The number of aromatic amines is 1. The second kappa shape index (κ2) is 5.58. The summed E-state index contributed by atoms with van der Waals surface area (Å²) in [5, 5.41) is 1.20. The van der Waals surface area contributed by atoms with Crippen molar-refractivity contribution < 1.29 is 4.74 Å². The summed E-state index contributed by atoms with van der Waals surface area (Å²) in [4.78, 5) is 19.5. The highest BCUT2D eigenvalue weighted by Gasteiger charge is 2.08. The maximum atomic E-state index is 12.1. The van der Waals surface area contributed by atoms with Gasteiger partial charge in [-0.25, -0.2) is 4.98 Å². The minimum atomic E-state index is -0.164. The van der Waals surface area contributed by atoms with E-state index in [4.69, 9.17) is 16.3 Å². The van der Waals surface area contributed by atoms with Gasteiger partial charge in [-0.3, -0.25) is 4.79 Å². The molecule has 0 fully saturated rings. The molecule has 3 rings (SSSR count). The Balaban J connectivity index is 2.07. The molecule has 1 N–H and O–H groups in total. The molecule has 0 spiro atoms. The lowest BCUT2D eigenvalue weighted by molar-refractivity contribution is 0.418. The minimum Gasteiger partial charge on any atom is -0.494 e. The first-order valence-electron chi connectivity index (χ1n) is 6.48. The predicted molar refractivity (Wildman–Crippen MR) is 83.2 cm³/mol. The average Bonchev–Trinajstić information content (AvgIpc) is 2.49. The molecule has 0 bridgehead atoms. The van der Waals surface area contributed by atoms with Crippen molar-refractivity contribution in [2.75, 3.05) is 7.11 Å². The average molecular weight is 301 g/mol. The summed E-state index contributed by atoms with van der Waals surface area (Å²) in [5.41, 5.74) is 1.44. The van der Waals surface area contributed by atoms with Crippen LogP contribution in [0.5, 0.6) is 5.75 Å². The van der Waals surface area contributed by atoms with Crippen molar-refractivity contribution in [3.05, 3.63) is 69.2 Å². The zero-order valence-electron chi connectivity index (χ0n) is 11.4. The maximum absolute atomic E-state index is 12.1. The lowest BCUT2D eigenvalue weighted by Crippen LogP contribution is -2.12. The molecule has 1 heterocycles. The third-order valence-corrected chi connectivity index (χ3v) is 3.50. The SMILES string of the molecule is COc1cccc2c(=O)[nH]c(Cc3ccc(Cl)cc3)nc12. The number of ether oxygens (including phenoxy) is 1. The van der Waals surface area contributed by atoms with E-state index in [1.165, 1.54) is 0 Å². The Hall–Kier alpha value is -2.33. The van der Waals surface area contributed by atoms with Crippen molar-refractivity contribution >= 4 is 22.5 Å². The van der Waals surface area contributed by atoms with Crippen LogP contribution < -0.4 is 10.3 Å². The Kier molecular flexibility index (Phi) is 3.62.